The molecule has 0 aliphatic carbocycles. The van der Waals surface area contributed by atoms with Crippen LogP contribution in [0.15, 0.2) is 36.9 Å². The molecule has 7 heteroatoms. The molecule has 2 N–H and O–H groups in total. The highest BCUT2D eigenvalue weighted by Gasteiger charge is 2.32. The summed E-state index contributed by atoms with van der Waals surface area (Å²) in [7, 11) is 0. The first kappa shape index (κ1) is 20.0. The second-order valence-corrected chi connectivity index (χ2v) is 7.36. The maximum atomic E-state index is 9.35. The zero-order valence-electron chi connectivity index (χ0n) is 16.4. The van der Waals surface area contributed by atoms with Gasteiger partial charge in [0.2, 0.25) is 5.96 Å². The number of nitriles is 1. The molecular weight excluding hydrogens is 354 g/mol. The lowest BCUT2D eigenvalue weighted by Crippen LogP contribution is -2.51. The third kappa shape index (κ3) is 4.76. The van der Waals surface area contributed by atoms with Crippen LogP contribution < -0.4 is 14.8 Å². The van der Waals surface area contributed by atoms with Gasteiger partial charge in [0.05, 0.1) is 0 Å². The van der Waals surface area contributed by atoms with E-state index in [0.717, 1.165) is 37.4 Å². The third-order valence-corrected chi connectivity index (χ3v) is 5.54. The smallest absolute Gasteiger partial charge is 0.204 e. The normalized spacial score (nSPS) is 20.6. The molecule has 1 aromatic carbocycles. The molecule has 28 heavy (non-hydrogen) atoms. The molecule has 1 fully saturated rings. The second kappa shape index (κ2) is 9.47. The number of piperidine rings is 1. The van der Waals surface area contributed by atoms with Gasteiger partial charge in [-0.2, -0.15) is 5.26 Å². The van der Waals surface area contributed by atoms with E-state index < -0.39 is 0 Å². The summed E-state index contributed by atoms with van der Waals surface area (Å²) in [6.45, 7) is 9.36. The molecule has 7 nitrogen and oxygen atoms in total. The van der Waals surface area contributed by atoms with Crippen molar-refractivity contribution >= 4 is 5.96 Å². The molecule has 2 atom stereocenters. The minimum atomic E-state index is 0.0124. The minimum Gasteiger partial charge on any atom is -0.486 e. The predicted molar refractivity (Wildman–Crippen MR) is 108 cm³/mol. The Hall–Kier alpha value is -2.72. The van der Waals surface area contributed by atoms with Gasteiger partial charge in [-0.3, -0.25) is 10.3 Å². The van der Waals surface area contributed by atoms with E-state index in [2.05, 4.69) is 29.9 Å². The second-order valence-electron chi connectivity index (χ2n) is 7.36. The average molecular weight is 383 g/mol. The van der Waals surface area contributed by atoms with E-state index in [1.165, 1.54) is 4.90 Å². The first-order chi connectivity index (χ1) is 13.6. The summed E-state index contributed by atoms with van der Waals surface area (Å²) >= 11 is 0. The summed E-state index contributed by atoms with van der Waals surface area (Å²) < 4.78 is 12.0. The number of ether oxygens (including phenoxy) is 2. The highest BCUT2D eigenvalue weighted by atomic mass is 16.6. The number of fused-ring (bicyclic) bond motifs is 1. The van der Waals surface area contributed by atoms with Crippen LogP contribution in [0.3, 0.4) is 0 Å². The van der Waals surface area contributed by atoms with Gasteiger partial charge in [0, 0.05) is 19.1 Å². The van der Waals surface area contributed by atoms with Gasteiger partial charge in [-0.1, -0.05) is 18.2 Å². The molecular formula is C21H29N5O2. The lowest BCUT2D eigenvalue weighted by Gasteiger charge is -2.41. The van der Waals surface area contributed by atoms with Crippen LogP contribution in [0, 0.1) is 22.8 Å². The van der Waals surface area contributed by atoms with Crippen LogP contribution in [0.4, 0.5) is 0 Å². The van der Waals surface area contributed by atoms with Crippen LogP contribution in [0.1, 0.15) is 19.8 Å². The lowest BCUT2D eigenvalue weighted by molar-refractivity contribution is 0.00766. The van der Waals surface area contributed by atoms with E-state index in [4.69, 9.17) is 14.9 Å². The summed E-state index contributed by atoms with van der Waals surface area (Å²) in [5.74, 6) is 2.17. The Morgan fingerprint density at radius 2 is 2.14 bits per heavy atom. The van der Waals surface area contributed by atoms with E-state index >= 15 is 0 Å². The Labute approximate surface area is 167 Å². The topological polar surface area (TPSA) is 84.6 Å². The molecule has 0 bridgehead atoms. The van der Waals surface area contributed by atoms with E-state index in [0.29, 0.717) is 25.6 Å². The minimum absolute atomic E-state index is 0.0124. The number of rotatable bonds is 6. The molecule has 150 valence electrons. The predicted octanol–water partition coefficient (Wildman–Crippen LogP) is 2.42. The fourth-order valence-electron chi connectivity index (χ4n) is 3.76. The highest BCUT2D eigenvalue weighted by molar-refractivity contribution is 5.78. The van der Waals surface area contributed by atoms with Crippen LogP contribution in [0.25, 0.3) is 0 Å². The van der Waals surface area contributed by atoms with Crippen molar-refractivity contribution in [3.8, 4) is 17.7 Å². The maximum absolute atomic E-state index is 9.35. The lowest BCUT2D eigenvalue weighted by atomic mass is 9.94. The summed E-state index contributed by atoms with van der Waals surface area (Å²) in [4.78, 5) is 3.87. The Kier molecular flexibility index (Phi) is 6.77. The molecule has 0 radical (unpaired) electrons. The van der Waals surface area contributed by atoms with E-state index in [1.807, 2.05) is 24.3 Å². The molecule has 0 amide bonds. The Bertz CT molecular complexity index is 724. The highest BCUT2D eigenvalue weighted by Crippen LogP contribution is 2.33. The molecule has 0 aromatic heterocycles. The average Bonchev–Trinajstić information content (AvgIpc) is 2.75. The van der Waals surface area contributed by atoms with Gasteiger partial charge >= 0.3 is 0 Å². The molecule has 2 aliphatic heterocycles. The van der Waals surface area contributed by atoms with Gasteiger partial charge in [0.25, 0.3) is 0 Å². The fraction of sp³-hybridized carbons (Fsp3) is 0.524. The number of para-hydroxylation sites is 2. The molecule has 2 aliphatic rings. The van der Waals surface area contributed by atoms with Crippen molar-refractivity contribution in [1.82, 2.24) is 15.1 Å². The van der Waals surface area contributed by atoms with Crippen molar-refractivity contribution in [3.05, 3.63) is 36.9 Å². The quantitative estimate of drug-likeness (QED) is 0.258. The van der Waals surface area contributed by atoms with E-state index in [9.17, 15) is 5.26 Å². The molecule has 2 unspecified atom stereocenters. The summed E-state index contributed by atoms with van der Waals surface area (Å²) in [6.07, 6.45) is 5.81. The molecule has 3 rings (SSSR count). The molecule has 2 heterocycles. The number of nitrogens with zero attached hydrogens (tertiary/aromatic N) is 3. The van der Waals surface area contributed by atoms with Gasteiger partial charge in [0.15, 0.2) is 17.7 Å². The van der Waals surface area contributed by atoms with Crippen molar-refractivity contribution in [2.24, 2.45) is 5.92 Å². The Morgan fingerprint density at radius 1 is 1.43 bits per heavy atom. The van der Waals surface area contributed by atoms with Crippen molar-refractivity contribution in [1.29, 1.82) is 10.7 Å². The van der Waals surface area contributed by atoms with Crippen molar-refractivity contribution in [3.63, 3.8) is 0 Å². The van der Waals surface area contributed by atoms with Crippen molar-refractivity contribution in [2.45, 2.75) is 31.9 Å². The monoisotopic (exact) mass is 383 g/mol. The largest absolute Gasteiger partial charge is 0.486 e. The zero-order chi connectivity index (χ0) is 19.9. The maximum Gasteiger partial charge on any atom is 0.204 e. The van der Waals surface area contributed by atoms with Gasteiger partial charge in [0.1, 0.15) is 12.7 Å². The van der Waals surface area contributed by atoms with Crippen LogP contribution in [-0.2, 0) is 0 Å². The number of guanidine groups is 1. The third-order valence-electron chi connectivity index (χ3n) is 5.54. The summed E-state index contributed by atoms with van der Waals surface area (Å²) in [5.41, 5.74) is 0. The standard InChI is InChI=1S/C21H29N5O2/c1-3-10-24-21(23)26(15-22)13-17-8-11-25(12-9-17)16(2)20-14-27-18-6-4-5-7-19(18)28-20/h3-7,16-17,20H,1,8-14H2,2H3,(H2,23,24). The SMILES string of the molecule is C=CCNC(=N)N(C#N)CC1CCN(C(C)C2COc3ccccc3O2)CC1. The Balaban J connectivity index is 1.48. The number of likely N-dealkylation sites (tertiary alicyclic amines) is 1. The van der Waals surface area contributed by atoms with Crippen molar-refractivity contribution < 1.29 is 9.47 Å². The van der Waals surface area contributed by atoms with Gasteiger partial charge in [-0.05, 0) is 50.9 Å². The molecule has 1 aromatic rings. The van der Waals surface area contributed by atoms with Crippen LogP contribution in [-0.4, -0.2) is 60.7 Å². The fourth-order valence-corrected chi connectivity index (χ4v) is 3.76. The van der Waals surface area contributed by atoms with Crippen LogP contribution >= 0.6 is 0 Å². The molecule has 0 spiro atoms. The first-order valence-electron chi connectivity index (χ1n) is 9.85. The first-order valence-corrected chi connectivity index (χ1v) is 9.85. The molecule has 1 saturated heterocycles. The van der Waals surface area contributed by atoms with E-state index in [-0.39, 0.29) is 18.1 Å². The van der Waals surface area contributed by atoms with Gasteiger partial charge in [-0.25, -0.2) is 4.90 Å². The number of benzene rings is 1. The van der Waals surface area contributed by atoms with Gasteiger partial charge in [-0.15, -0.1) is 6.58 Å². The summed E-state index contributed by atoms with van der Waals surface area (Å²) in [6, 6.07) is 8.06. The van der Waals surface area contributed by atoms with E-state index in [1.54, 1.807) is 6.08 Å². The summed E-state index contributed by atoms with van der Waals surface area (Å²) in [5, 5.41) is 20.2. The zero-order valence-corrected chi connectivity index (χ0v) is 16.4. The van der Waals surface area contributed by atoms with Gasteiger partial charge < -0.3 is 14.8 Å². The van der Waals surface area contributed by atoms with Crippen LogP contribution in [0.5, 0.6) is 11.5 Å². The number of hydrogen-bond acceptors (Lipinski definition) is 5. The molecule has 0 saturated carbocycles. The number of nitrogens with one attached hydrogen (secondary N) is 2. The van der Waals surface area contributed by atoms with Crippen LogP contribution in [0.2, 0.25) is 0 Å². The number of hydrogen-bond donors (Lipinski definition) is 2. The Morgan fingerprint density at radius 3 is 2.82 bits per heavy atom. The van der Waals surface area contributed by atoms with Crippen molar-refractivity contribution in [2.75, 3.05) is 32.8 Å².